The van der Waals surface area contributed by atoms with Gasteiger partial charge in [-0.25, -0.2) is 9.59 Å². The van der Waals surface area contributed by atoms with Gasteiger partial charge in [0.05, 0.1) is 16.8 Å². The maximum absolute atomic E-state index is 10.6. The van der Waals surface area contributed by atoms with E-state index >= 15 is 0 Å². The molecule has 9 nitrogen and oxygen atoms in total. The van der Waals surface area contributed by atoms with Gasteiger partial charge >= 0.3 is 24.3 Å². The lowest BCUT2D eigenvalue weighted by Gasteiger charge is -2.06. The van der Waals surface area contributed by atoms with E-state index in [9.17, 15) is 26.3 Å². The molecule has 0 saturated heterocycles. The molecular formula is C17H16F6N4O5. The van der Waals surface area contributed by atoms with Crippen molar-refractivity contribution in [2.45, 2.75) is 49.5 Å². The van der Waals surface area contributed by atoms with Gasteiger partial charge in [-0.05, 0) is 37.8 Å². The summed E-state index contributed by atoms with van der Waals surface area (Å²) in [7, 11) is 0. The van der Waals surface area contributed by atoms with Crippen molar-refractivity contribution in [1.82, 2.24) is 15.1 Å². The normalized spacial score (nSPS) is 16.7. The summed E-state index contributed by atoms with van der Waals surface area (Å²) in [6, 6.07) is 3.92. The van der Waals surface area contributed by atoms with E-state index in [0.717, 1.165) is 29.9 Å². The maximum Gasteiger partial charge on any atom is 0.490 e. The van der Waals surface area contributed by atoms with E-state index in [0.29, 0.717) is 11.8 Å². The highest BCUT2D eigenvalue weighted by atomic mass is 19.4. The van der Waals surface area contributed by atoms with Gasteiger partial charge in [0.25, 0.3) is 5.89 Å². The number of rotatable bonds is 3. The second kappa shape index (κ2) is 9.10. The van der Waals surface area contributed by atoms with E-state index in [1.54, 1.807) is 6.20 Å². The molecule has 32 heavy (non-hydrogen) atoms. The zero-order valence-electron chi connectivity index (χ0n) is 15.9. The first kappa shape index (κ1) is 25.0. The van der Waals surface area contributed by atoms with Crippen LogP contribution in [0.15, 0.2) is 22.9 Å². The van der Waals surface area contributed by atoms with Crippen LogP contribution in [0, 0.1) is 0 Å². The summed E-state index contributed by atoms with van der Waals surface area (Å²) >= 11 is 0. The fourth-order valence-corrected chi connectivity index (χ4v) is 2.07. The average Bonchev–Trinajstić information content (AvgIpc) is 3.62. The van der Waals surface area contributed by atoms with E-state index < -0.39 is 24.3 Å². The number of nitrogens with zero attached hydrogens (tertiary/aromatic N) is 3. The second-order valence-electron chi connectivity index (χ2n) is 6.93. The highest BCUT2D eigenvalue weighted by Crippen LogP contribution is 2.42. The summed E-state index contributed by atoms with van der Waals surface area (Å²) in [4.78, 5) is 26.6. The van der Waals surface area contributed by atoms with Gasteiger partial charge < -0.3 is 20.5 Å². The summed E-state index contributed by atoms with van der Waals surface area (Å²) in [5.74, 6) is -3.63. The first-order chi connectivity index (χ1) is 14.6. The fraction of sp³-hybridized carbons (Fsp3) is 0.471. The van der Waals surface area contributed by atoms with Gasteiger partial charge in [0, 0.05) is 12.1 Å². The van der Waals surface area contributed by atoms with Gasteiger partial charge in [0.1, 0.15) is 0 Å². The number of hydrogen-bond donors (Lipinski definition) is 3. The quantitative estimate of drug-likeness (QED) is 0.574. The number of nitrogens with two attached hydrogens (primary N) is 1. The minimum Gasteiger partial charge on any atom is -0.475 e. The lowest BCUT2D eigenvalue weighted by molar-refractivity contribution is -0.193. The van der Waals surface area contributed by atoms with Crippen LogP contribution in [0.25, 0.3) is 11.5 Å². The van der Waals surface area contributed by atoms with Gasteiger partial charge in [-0.3, -0.25) is 4.98 Å². The third-order valence-electron chi connectivity index (χ3n) is 4.18. The van der Waals surface area contributed by atoms with E-state index in [1.807, 2.05) is 12.1 Å². The first-order valence-corrected chi connectivity index (χ1v) is 8.83. The highest BCUT2D eigenvalue weighted by Gasteiger charge is 2.41. The Hall–Kier alpha value is -3.23. The van der Waals surface area contributed by atoms with Crippen molar-refractivity contribution in [2.24, 2.45) is 5.73 Å². The predicted octanol–water partition coefficient (Wildman–Crippen LogP) is 3.22. The average molecular weight is 470 g/mol. The molecule has 4 rings (SSSR count). The van der Waals surface area contributed by atoms with Gasteiger partial charge in [0.15, 0.2) is 5.82 Å². The molecule has 2 fully saturated rings. The molecule has 0 aliphatic heterocycles. The number of alkyl halides is 6. The summed E-state index contributed by atoms with van der Waals surface area (Å²) in [6.07, 6.45) is -4.01. The zero-order valence-corrected chi connectivity index (χ0v) is 15.9. The third kappa shape index (κ3) is 7.18. The molecule has 2 saturated carbocycles. The minimum atomic E-state index is -5.08. The molecule has 2 aliphatic carbocycles. The highest BCUT2D eigenvalue weighted by molar-refractivity contribution is 5.73. The lowest BCUT2D eigenvalue weighted by atomic mass is 10.1. The Balaban J connectivity index is 0.000000218. The summed E-state index contributed by atoms with van der Waals surface area (Å²) < 4.78 is 68.7. The van der Waals surface area contributed by atoms with Crippen molar-refractivity contribution < 1.29 is 50.7 Å². The van der Waals surface area contributed by atoms with Gasteiger partial charge in [-0.2, -0.15) is 31.3 Å². The Kier molecular flexibility index (Phi) is 7.12. The van der Waals surface area contributed by atoms with Crippen molar-refractivity contribution in [3.63, 3.8) is 0 Å². The Labute approximate surface area is 175 Å². The Morgan fingerprint density at radius 3 is 1.88 bits per heavy atom. The standard InChI is InChI=1S/C13H14N4O.2C2HF3O2/c14-13(5-6-13)10-4-3-9(7-15-10)12-16-11(17-18-12)8-1-2-8;2*3-2(4,5)1(6)7/h3-4,7-8H,1-2,5-6,14H2;2*(H,6,7). The second-order valence-corrected chi connectivity index (χ2v) is 6.93. The van der Waals surface area contributed by atoms with Crippen LogP contribution in [0.4, 0.5) is 26.3 Å². The number of hydrogen-bond acceptors (Lipinski definition) is 7. The van der Waals surface area contributed by atoms with Gasteiger partial charge in [-0.1, -0.05) is 5.16 Å². The van der Waals surface area contributed by atoms with E-state index in [-0.39, 0.29) is 5.54 Å². The van der Waals surface area contributed by atoms with Crippen LogP contribution in [0.1, 0.15) is 43.1 Å². The van der Waals surface area contributed by atoms with Crippen LogP contribution in [-0.4, -0.2) is 49.6 Å². The summed E-state index contributed by atoms with van der Waals surface area (Å²) in [5.41, 5.74) is 7.72. The summed E-state index contributed by atoms with van der Waals surface area (Å²) in [5, 5.41) is 18.2. The van der Waals surface area contributed by atoms with Crippen molar-refractivity contribution in [1.29, 1.82) is 0 Å². The maximum atomic E-state index is 10.6. The van der Waals surface area contributed by atoms with Crippen molar-refractivity contribution in [3.05, 3.63) is 29.8 Å². The number of carboxylic acid groups (broad SMARTS) is 2. The first-order valence-electron chi connectivity index (χ1n) is 8.83. The number of carbonyl (C=O) groups is 2. The minimum absolute atomic E-state index is 0.188. The fourth-order valence-electron chi connectivity index (χ4n) is 2.07. The Bertz CT molecular complexity index is 926. The molecule has 0 radical (unpaired) electrons. The smallest absolute Gasteiger partial charge is 0.475 e. The van der Waals surface area contributed by atoms with Crippen LogP contribution in [0.5, 0.6) is 0 Å². The third-order valence-corrected chi connectivity index (χ3v) is 4.18. The van der Waals surface area contributed by atoms with Gasteiger partial charge in [0.2, 0.25) is 0 Å². The van der Waals surface area contributed by atoms with Crippen LogP contribution < -0.4 is 5.73 Å². The molecule has 15 heteroatoms. The lowest BCUT2D eigenvalue weighted by Crippen LogP contribution is -2.21. The molecule has 2 aromatic rings. The molecule has 176 valence electrons. The van der Waals surface area contributed by atoms with E-state index in [2.05, 4.69) is 15.1 Å². The van der Waals surface area contributed by atoms with Crippen LogP contribution in [0.3, 0.4) is 0 Å². The van der Waals surface area contributed by atoms with Gasteiger partial charge in [-0.15, -0.1) is 0 Å². The van der Waals surface area contributed by atoms with Crippen molar-refractivity contribution in [2.75, 3.05) is 0 Å². The summed E-state index contributed by atoms with van der Waals surface area (Å²) in [6.45, 7) is 0. The van der Waals surface area contributed by atoms with Crippen LogP contribution in [-0.2, 0) is 15.1 Å². The monoisotopic (exact) mass is 470 g/mol. The molecular weight excluding hydrogens is 454 g/mol. The number of carboxylic acids is 2. The molecule has 0 aromatic carbocycles. The molecule has 0 amide bonds. The molecule has 0 bridgehead atoms. The number of halogens is 6. The molecule has 2 heterocycles. The van der Waals surface area contributed by atoms with E-state index in [1.165, 1.54) is 12.8 Å². The Morgan fingerprint density at radius 2 is 1.53 bits per heavy atom. The van der Waals surface area contributed by atoms with Crippen molar-refractivity contribution >= 4 is 11.9 Å². The molecule has 4 N–H and O–H groups in total. The SMILES string of the molecule is NC1(c2ccc(-c3nc(C4CC4)no3)cn2)CC1.O=C(O)C(F)(F)F.O=C(O)C(F)(F)F. The topological polar surface area (TPSA) is 152 Å². The van der Waals surface area contributed by atoms with Crippen LogP contribution >= 0.6 is 0 Å². The zero-order chi connectivity index (χ0) is 24.3. The molecule has 0 unspecified atom stereocenters. The van der Waals surface area contributed by atoms with Crippen molar-refractivity contribution in [3.8, 4) is 11.5 Å². The number of aromatic nitrogens is 3. The largest absolute Gasteiger partial charge is 0.490 e. The molecule has 0 atom stereocenters. The molecule has 2 aromatic heterocycles. The number of aliphatic carboxylic acids is 2. The molecule has 2 aliphatic rings. The molecule has 0 spiro atoms. The predicted molar refractivity (Wildman–Crippen MR) is 92.0 cm³/mol. The Morgan fingerprint density at radius 1 is 1.03 bits per heavy atom. The van der Waals surface area contributed by atoms with E-state index in [4.69, 9.17) is 30.1 Å². The van der Waals surface area contributed by atoms with Crippen LogP contribution in [0.2, 0.25) is 0 Å². The number of pyridine rings is 1.